The maximum atomic E-state index is 13.1. The normalized spacial score (nSPS) is 10.5. The highest BCUT2D eigenvalue weighted by atomic mass is 19.1. The fourth-order valence-corrected chi connectivity index (χ4v) is 1.59. The van der Waals surface area contributed by atoms with Crippen LogP contribution in [-0.2, 0) is 6.54 Å². The summed E-state index contributed by atoms with van der Waals surface area (Å²) in [5.74, 6) is 0.835. The van der Waals surface area contributed by atoms with Gasteiger partial charge in [0.15, 0.2) is 11.6 Å². The molecular weight excluding hydrogens is 221 g/mol. The molecule has 2 aromatic rings. The lowest BCUT2D eigenvalue weighted by Gasteiger charge is -2.18. The Balaban J connectivity index is 2.14. The van der Waals surface area contributed by atoms with Gasteiger partial charge in [0.1, 0.15) is 5.82 Å². The highest BCUT2D eigenvalue weighted by Crippen LogP contribution is 2.19. The summed E-state index contributed by atoms with van der Waals surface area (Å²) < 4.78 is 18.1. The van der Waals surface area contributed by atoms with Crippen molar-refractivity contribution < 1.29 is 8.91 Å². The fourth-order valence-electron chi connectivity index (χ4n) is 1.59. The van der Waals surface area contributed by atoms with Crippen LogP contribution >= 0.6 is 0 Å². The fraction of sp³-hybridized carbons (Fsp3) is 0.250. The van der Waals surface area contributed by atoms with E-state index in [0.29, 0.717) is 23.7 Å². The van der Waals surface area contributed by atoms with E-state index < -0.39 is 0 Å². The summed E-state index contributed by atoms with van der Waals surface area (Å²) >= 11 is 0. The lowest BCUT2D eigenvalue weighted by Crippen LogP contribution is -2.16. The molecule has 0 aliphatic heterocycles. The predicted molar refractivity (Wildman–Crippen MR) is 64.2 cm³/mol. The highest BCUT2D eigenvalue weighted by Gasteiger charge is 2.08. The van der Waals surface area contributed by atoms with Gasteiger partial charge in [-0.2, -0.15) is 0 Å². The number of hydrogen-bond donors (Lipinski definition) is 1. The molecule has 2 rings (SSSR count). The molecule has 0 fully saturated rings. The van der Waals surface area contributed by atoms with Crippen LogP contribution in [0, 0.1) is 12.7 Å². The van der Waals surface area contributed by atoms with E-state index in [-0.39, 0.29) is 5.82 Å². The van der Waals surface area contributed by atoms with Crippen molar-refractivity contribution in [2.24, 2.45) is 0 Å². The van der Waals surface area contributed by atoms with Crippen molar-refractivity contribution in [3.63, 3.8) is 0 Å². The van der Waals surface area contributed by atoms with E-state index in [9.17, 15) is 4.39 Å². The van der Waals surface area contributed by atoms with Crippen molar-refractivity contribution in [3.05, 3.63) is 41.4 Å². The molecule has 0 bridgehead atoms. The maximum absolute atomic E-state index is 13.1. The second-order valence-corrected chi connectivity index (χ2v) is 4.01. The summed E-state index contributed by atoms with van der Waals surface area (Å²) in [5.41, 5.74) is 7.00. The Hall–Kier alpha value is -2.04. The molecule has 1 aromatic carbocycles. The van der Waals surface area contributed by atoms with Gasteiger partial charge in [0.2, 0.25) is 0 Å². The van der Waals surface area contributed by atoms with E-state index in [4.69, 9.17) is 10.3 Å². The Morgan fingerprint density at radius 1 is 1.41 bits per heavy atom. The summed E-state index contributed by atoms with van der Waals surface area (Å²) in [4.78, 5) is 1.94. The summed E-state index contributed by atoms with van der Waals surface area (Å²) in [6.45, 7) is 2.27. The van der Waals surface area contributed by atoms with Gasteiger partial charge in [0.05, 0.1) is 6.54 Å². The van der Waals surface area contributed by atoms with Crippen LogP contribution in [0.25, 0.3) is 0 Å². The third kappa shape index (κ3) is 2.55. The zero-order valence-corrected chi connectivity index (χ0v) is 9.77. The molecule has 17 heavy (non-hydrogen) atoms. The molecule has 0 aliphatic carbocycles. The Bertz CT molecular complexity index is 524. The van der Waals surface area contributed by atoms with Gasteiger partial charge in [0, 0.05) is 18.8 Å². The summed E-state index contributed by atoms with van der Waals surface area (Å²) in [5, 5.41) is 3.61. The molecule has 4 nitrogen and oxygen atoms in total. The largest absolute Gasteiger partial charge is 0.381 e. The van der Waals surface area contributed by atoms with Gasteiger partial charge in [0.25, 0.3) is 0 Å². The maximum Gasteiger partial charge on any atom is 0.167 e. The van der Waals surface area contributed by atoms with Gasteiger partial charge in [-0.25, -0.2) is 4.39 Å². The van der Waals surface area contributed by atoms with Crippen molar-refractivity contribution in [2.75, 3.05) is 17.7 Å². The van der Waals surface area contributed by atoms with E-state index in [2.05, 4.69) is 5.16 Å². The minimum absolute atomic E-state index is 0.203. The van der Waals surface area contributed by atoms with Crippen molar-refractivity contribution >= 4 is 11.5 Å². The zero-order valence-electron chi connectivity index (χ0n) is 9.77. The van der Waals surface area contributed by atoms with Crippen LogP contribution in [0.15, 0.2) is 28.8 Å². The Kier molecular flexibility index (Phi) is 2.99. The Morgan fingerprint density at radius 3 is 2.76 bits per heavy atom. The van der Waals surface area contributed by atoms with Gasteiger partial charge in [-0.05, 0) is 30.7 Å². The number of nitrogens with zero attached hydrogens (tertiary/aromatic N) is 2. The zero-order chi connectivity index (χ0) is 12.4. The average molecular weight is 235 g/mol. The molecule has 5 heteroatoms. The molecule has 0 radical (unpaired) electrons. The second kappa shape index (κ2) is 4.45. The lowest BCUT2D eigenvalue weighted by molar-refractivity contribution is 0.385. The monoisotopic (exact) mass is 235 g/mol. The molecule has 2 N–H and O–H groups in total. The molecule has 0 unspecified atom stereocenters. The first-order valence-corrected chi connectivity index (χ1v) is 5.24. The lowest BCUT2D eigenvalue weighted by atomic mass is 10.2. The first kappa shape index (κ1) is 11.4. The van der Waals surface area contributed by atoms with Gasteiger partial charge < -0.3 is 15.2 Å². The molecule has 0 saturated heterocycles. The average Bonchev–Trinajstić information content (AvgIpc) is 2.68. The van der Waals surface area contributed by atoms with Crippen LogP contribution in [0.2, 0.25) is 0 Å². The van der Waals surface area contributed by atoms with E-state index in [0.717, 1.165) is 5.69 Å². The van der Waals surface area contributed by atoms with E-state index in [1.54, 1.807) is 25.1 Å². The van der Waals surface area contributed by atoms with Gasteiger partial charge in [-0.15, -0.1) is 0 Å². The van der Waals surface area contributed by atoms with Crippen LogP contribution in [0.1, 0.15) is 11.3 Å². The first-order valence-electron chi connectivity index (χ1n) is 5.24. The number of rotatable bonds is 3. The van der Waals surface area contributed by atoms with E-state index >= 15 is 0 Å². The molecule has 0 amide bonds. The summed E-state index contributed by atoms with van der Waals surface area (Å²) in [7, 11) is 1.89. The first-order chi connectivity index (χ1) is 8.06. The smallest absolute Gasteiger partial charge is 0.167 e. The third-order valence-electron chi connectivity index (χ3n) is 2.55. The van der Waals surface area contributed by atoms with Gasteiger partial charge in [-0.1, -0.05) is 5.16 Å². The topological polar surface area (TPSA) is 55.3 Å². The van der Waals surface area contributed by atoms with Crippen molar-refractivity contribution in [2.45, 2.75) is 13.5 Å². The highest BCUT2D eigenvalue weighted by molar-refractivity contribution is 5.48. The minimum Gasteiger partial charge on any atom is -0.381 e. The summed E-state index contributed by atoms with van der Waals surface area (Å²) in [6, 6.07) is 6.64. The van der Waals surface area contributed by atoms with Gasteiger partial charge in [-0.3, -0.25) is 0 Å². The van der Waals surface area contributed by atoms with Crippen molar-refractivity contribution in [3.8, 4) is 0 Å². The second-order valence-electron chi connectivity index (χ2n) is 4.01. The quantitative estimate of drug-likeness (QED) is 0.887. The number of aryl methyl sites for hydroxylation is 1. The number of halogens is 1. The SMILES string of the molecule is Cc1cc(N(C)Cc2cc(N)no2)ccc1F. The van der Waals surface area contributed by atoms with Crippen LogP contribution in [0.5, 0.6) is 0 Å². The molecule has 90 valence electrons. The number of aromatic nitrogens is 1. The molecule has 0 spiro atoms. The molecule has 1 heterocycles. The molecule has 0 aliphatic rings. The molecule has 1 aromatic heterocycles. The Labute approximate surface area is 98.8 Å². The third-order valence-corrected chi connectivity index (χ3v) is 2.55. The molecule has 0 atom stereocenters. The van der Waals surface area contributed by atoms with Crippen molar-refractivity contribution in [1.82, 2.24) is 5.16 Å². The minimum atomic E-state index is -0.203. The van der Waals surface area contributed by atoms with Crippen LogP contribution in [-0.4, -0.2) is 12.2 Å². The molecule has 0 saturated carbocycles. The predicted octanol–water partition coefficient (Wildman–Crippen LogP) is 2.34. The van der Waals surface area contributed by atoms with Crippen molar-refractivity contribution in [1.29, 1.82) is 0 Å². The Morgan fingerprint density at radius 2 is 2.18 bits per heavy atom. The molecular formula is C12H14FN3O. The standard InChI is InChI=1S/C12H14FN3O/c1-8-5-9(3-4-11(8)13)16(2)7-10-6-12(14)15-17-10/h3-6H,7H2,1-2H3,(H2,14,15). The van der Waals surface area contributed by atoms with E-state index in [1.165, 1.54) is 6.07 Å². The number of hydrogen-bond acceptors (Lipinski definition) is 4. The number of nitrogens with two attached hydrogens (primary N) is 1. The number of anilines is 2. The summed E-state index contributed by atoms with van der Waals surface area (Å²) in [6.07, 6.45) is 0. The van der Waals surface area contributed by atoms with Crippen LogP contribution in [0.3, 0.4) is 0 Å². The number of benzene rings is 1. The number of nitrogen functional groups attached to an aromatic ring is 1. The van der Waals surface area contributed by atoms with E-state index in [1.807, 2.05) is 11.9 Å². The van der Waals surface area contributed by atoms with Gasteiger partial charge >= 0.3 is 0 Å². The van der Waals surface area contributed by atoms with Crippen LogP contribution in [0.4, 0.5) is 15.9 Å². The van der Waals surface area contributed by atoms with Crippen LogP contribution < -0.4 is 10.6 Å².